The summed E-state index contributed by atoms with van der Waals surface area (Å²) in [5.74, 6) is -2.47. The number of carboxylic acid groups (broad SMARTS) is 1. The van der Waals surface area contributed by atoms with Crippen LogP contribution >= 0.6 is 0 Å². The van der Waals surface area contributed by atoms with Crippen molar-refractivity contribution in [1.82, 2.24) is 0 Å². The monoisotopic (exact) mass is 903 g/mol. The number of rotatable bonds is 42. The highest BCUT2D eigenvalue weighted by atomic mass is 16.7. The highest BCUT2D eigenvalue weighted by Crippen LogP contribution is 2.23. The van der Waals surface area contributed by atoms with E-state index in [0.717, 1.165) is 83.5 Å². The van der Waals surface area contributed by atoms with E-state index in [-0.39, 0.29) is 19.4 Å². The number of carbonyl (C=O) groups excluding carboxylic acids is 2. The van der Waals surface area contributed by atoms with Crippen molar-refractivity contribution >= 4 is 17.9 Å². The first-order chi connectivity index (χ1) is 31.2. The van der Waals surface area contributed by atoms with Gasteiger partial charge in [-0.1, -0.05) is 171 Å². The van der Waals surface area contributed by atoms with Crippen LogP contribution in [0.5, 0.6) is 0 Å². The molecule has 6 atom stereocenters. The summed E-state index contributed by atoms with van der Waals surface area (Å²) in [6.07, 6.45) is 44.0. The molecule has 64 heavy (non-hydrogen) atoms. The highest BCUT2D eigenvalue weighted by molar-refractivity contribution is 5.73. The molecular weight excluding hydrogens is 813 g/mol. The molecule has 0 radical (unpaired) electrons. The van der Waals surface area contributed by atoms with Crippen LogP contribution in [0.15, 0.2) is 60.8 Å². The van der Waals surface area contributed by atoms with E-state index in [1.807, 2.05) is 0 Å². The lowest BCUT2D eigenvalue weighted by atomic mass is 9.99. The van der Waals surface area contributed by atoms with Crippen LogP contribution in [0.25, 0.3) is 0 Å². The second-order valence-corrected chi connectivity index (χ2v) is 17.3. The fourth-order valence-electron chi connectivity index (χ4n) is 7.33. The molecule has 11 nitrogen and oxygen atoms in total. The van der Waals surface area contributed by atoms with Crippen LogP contribution in [-0.2, 0) is 33.3 Å². The molecule has 0 bridgehead atoms. The van der Waals surface area contributed by atoms with Crippen LogP contribution in [0.2, 0.25) is 0 Å². The zero-order valence-electron chi connectivity index (χ0n) is 40.0. The number of ether oxygens (including phenoxy) is 4. The zero-order chi connectivity index (χ0) is 46.7. The molecule has 368 valence electrons. The van der Waals surface area contributed by atoms with Crippen LogP contribution in [0.3, 0.4) is 0 Å². The van der Waals surface area contributed by atoms with Gasteiger partial charge < -0.3 is 39.4 Å². The standard InChI is InChI=1S/C53H90O11/c1-3-5-7-9-11-13-15-17-19-21-23-25-27-29-31-33-35-37-39-41-46(54)61-43-45(44-62-53-50(58)48(56)49(57)51(64-53)52(59)60)63-47(55)42-40-38-36-34-32-30-28-26-24-22-20-18-16-14-12-10-8-6-4-2/h11-14,17-20,23,25,45,48-51,53,56-58H,3-10,15-16,21-22,24,26-44H2,1-2H3,(H,59,60)/b13-11-,14-12-,19-17-,20-18-,25-23-. The number of carbonyl (C=O) groups is 3. The number of allylic oxidation sites excluding steroid dienone is 10. The first-order valence-electron chi connectivity index (χ1n) is 25.3. The van der Waals surface area contributed by atoms with E-state index in [1.54, 1.807) is 0 Å². The molecule has 0 aromatic rings. The topological polar surface area (TPSA) is 169 Å². The van der Waals surface area contributed by atoms with Crippen molar-refractivity contribution in [2.24, 2.45) is 0 Å². The van der Waals surface area contributed by atoms with Crippen LogP contribution in [0.1, 0.15) is 206 Å². The van der Waals surface area contributed by atoms with Crippen molar-refractivity contribution in [3.63, 3.8) is 0 Å². The van der Waals surface area contributed by atoms with E-state index in [0.29, 0.717) is 12.8 Å². The molecule has 1 fully saturated rings. The van der Waals surface area contributed by atoms with Gasteiger partial charge in [0.2, 0.25) is 0 Å². The normalized spacial score (nSPS) is 19.8. The Bertz CT molecular complexity index is 1290. The van der Waals surface area contributed by atoms with Gasteiger partial charge in [-0.3, -0.25) is 9.59 Å². The van der Waals surface area contributed by atoms with E-state index < -0.39 is 61.3 Å². The molecular formula is C53H90O11. The number of aliphatic carboxylic acids is 1. The molecule has 0 saturated carbocycles. The lowest BCUT2D eigenvalue weighted by Crippen LogP contribution is -2.60. The molecule has 0 aromatic carbocycles. The van der Waals surface area contributed by atoms with Crippen molar-refractivity contribution in [2.45, 2.75) is 243 Å². The van der Waals surface area contributed by atoms with Gasteiger partial charge in [0.15, 0.2) is 18.5 Å². The second kappa shape index (κ2) is 42.5. The molecule has 1 aliphatic rings. The lowest BCUT2D eigenvalue weighted by molar-refractivity contribution is -0.298. The summed E-state index contributed by atoms with van der Waals surface area (Å²) >= 11 is 0. The van der Waals surface area contributed by atoms with E-state index >= 15 is 0 Å². The number of unbranched alkanes of at least 4 members (excludes halogenated alkanes) is 21. The number of aliphatic hydroxyl groups excluding tert-OH is 3. The summed E-state index contributed by atoms with van der Waals surface area (Å²) in [6.45, 7) is 3.76. The molecule has 0 aliphatic carbocycles. The van der Waals surface area contributed by atoms with Gasteiger partial charge >= 0.3 is 17.9 Å². The average molecular weight is 903 g/mol. The van der Waals surface area contributed by atoms with Crippen LogP contribution in [0.4, 0.5) is 0 Å². The Kier molecular flexibility index (Phi) is 39.2. The SMILES string of the molecule is CCCCC/C=C\C/C=C\C/C=C\CCCCCCCCC(=O)OCC(COC1OC(C(=O)O)C(O)C(O)C1O)OC(=O)CCCCCCCCCCC/C=C\C/C=C\CCCCC. The van der Waals surface area contributed by atoms with Gasteiger partial charge in [0.05, 0.1) is 6.61 Å². The number of aliphatic hydroxyl groups is 3. The molecule has 0 spiro atoms. The molecule has 11 heteroatoms. The Morgan fingerprint density at radius 2 is 0.875 bits per heavy atom. The average Bonchev–Trinajstić information content (AvgIpc) is 3.28. The van der Waals surface area contributed by atoms with Gasteiger partial charge in [-0.25, -0.2) is 4.79 Å². The minimum Gasteiger partial charge on any atom is -0.479 e. The summed E-state index contributed by atoms with van der Waals surface area (Å²) in [5.41, 5.74) is 0. The predicted molar refractivity (Wildman–Crippen MR) is 257 cm³/mol. The number of carboxylic acids is 1. The van der Waals surface area contributed by atoms with Crippen molar-refractivity contribution in [2.75, 3.05) is 13.2 Å². The minimum atomic E-state index is -1.87. The second-order valence-electron chi connectivity index (χ2n) is 17.3. The first-order valence-corrected chi connectivity index (χ1v) is 25.3. The van der Waals surface area contributed by atoms with Gasteiger partial charge in [-0.15, -0.1) is 0 Å². The summed E-state index contributed by atoms with van der Waals surface area (Å²) in [5, 5.41) is 39.9. The molecule has 1 rings (SSSR count). The first kappa shape index (κ1) is 58.9. The maximum Gasteiger partial charge on any atom is 0.335 e. The van der Waals surface area contributed by atoms with E-state index in [4.69, 9.17) is 18.9 Å². The number of esters is 2. The number of hydrogen-bond donors (Lipinski definition) is 4. The Labute approximate surface area is 387 Å². The molecule has 1 aliphatic heterocycles. The summed E-state index contributed by atoms with van der Waals surface area (Å²) in [4.78, 5) is 37.0. The summed E-state index contributed by atoms with van der Waals surface area (Å²) in [7, 11) is 0. The van der Waals surface area contributed by atoms with Crippen molar-refractivity contribution in [1.29, 1.82) is 0 Å². The molecule has 0 amide bonds. The maximum atomic E-state index is 12.8. The third-order valence-electron chi connectivity index (χ3n) is 11.3. The smallest absolute Gasteiger partial charge is 0.335 e. The van der Waals surface area contributed by atoms with E-state index in [2.05, 4.69) is 74.6 Å². The van der Waals surface area contributed by atoms with Gasteiger partial charge in [0.1, 0.15) is 24.9 Å². The van der Waals surface area contributed by atoms with Gasteiger partial charge in [0, 0.05) is 12.8 Å². The Morgan fingerprint density at radius 1 is 0.484 bits per heavy atom. The van der Waals surface area contributed by atoms with Gasteiger partial charge in [0.25, 0.3) is 0 Å². The van der Waals surface area contributed by atoms with Crippen LogP contribution in [-0.4, -0.2) is 88.4 Å². The van der Waals surface area contributed by atoms with E-state index in [9.17, 15) is 34.8 Å². The van der Waals surface area contributed by atoms with Crippen LogP contribution < -0.4 is 0 Å². The fourth-order valence-corrected chi connectivity index (χ4v) is 7.33. The Balaban J connectivity index is 2.33. The summed E-state index contributed by atoms with van der Waals surface area (Å²) in [6, 6.07) is 0. The number of hydrogen-bond acceptors (Lipinski definition) is 10. The molecule has 1 saturated heterocycles. The Morgan fingerprint density at radius 3 is 1.31 bits per heavy atom. The quantitative estimate of drug-likeness (QED) is 0.0261. The van der Waals surface area contributed by atoms with Gasteiger partial charge in [-0.2, -0.15) is 0 Å². The molecule has 0 aromatic heterocycles. The van der Waals surface area contributed by atoms with Gasteiger partial charge in [-0.05, 0) is 83.5 Å². The molecule has 4 N–H and O–H groups in total. The highest BCUT2D eigenvalue weighted by Gasteiger charge is 2.47. The predicted octanol–water partition coefficient (Wildman–Crippen LogP) is 11.9. The Hall–Kier alpha value is -3.09. The van der Waals surface area contributed by atoms with Crippen molar-refractivity contribution in [3.05, 3.63) is 60.8 Å². The largest absolute Gasteiger partial charge is 0.479 e. The van der Waals surface area contributed by atoms with Crippen LogP contribution in [0, 0.1) is 0 Å². The third kappa shape index (κ3) is 33.4. The maximum absolute atomic E-state index is 12.8. The van der Waals surface area contributed by atoms with Crippen molar-refractivity contribution < 1.29 is 53.8 Å². The molecule has 6 unspecified atom stereocenters. The lowest BCUT2D eigenvalue weighted by Gasteiger charge is -2.38. The zero-order valence-corrected chi connectivity index (χ0v) is 40.0. The third-order valence-corrected chi connectivity index (χ3v) is 11.3. The van der Waals surface area contributed by atoms with E-state index in [1.165, 1.54) is 83.5 Å². The minimum absolute atomic E-state index is 0.173. The molecule has 1 heterocycles. The van der Waals surface area contributed by atoms with Crippen molar-refractivity contribution in [3.8, 4) is 0 Å². The summed E-state index contributed by atoms with van der Waals surface area (Å²) < 4.78 is 21.8. The fraction of sp³-hybridized carbons (Fsp3) is 0.755.